The van der Waals surface area contributed by atoms with Gasteiger partial charge in [0.05, 0.1) is 13.3 Å². The Morgan fingerprint density at radius 3 is 2.50 bits per heavy atom. The van der Waals surface area contributed by atoms with Gasteiger partial charge >= 0.3 is 0 Å². The van der Waals surface area contributed by atoms with Crippen LogP contribution in [-0.2, 0) is 0 Å². The molecule has 0 bridgehead atoms. The van der Waals surface area contributed by atoms with E-state index >= 15 is 0 Å². The fourth-order valence-corrected chi connectivity index (χ4v) is 2.35. The van der Waals surface area contributed by atoms with E-state index in [0.717, 1.165) is 12.4 Å². The molecule has 20 heavy (non-hydrogen) atoms. The molecule has 0 saturated heterocycles. The van der Waals surface area contributed by atoms with Crippen molar-refractivity contribution in [1.29, 1.82) is 0 Å². The van der Waals surface area contributed by atoms with Gasteiger partial charge in [0.25, 0.3) is 5.91 Å². The number of nitrogens with zero attached hydrogens (tertiary/aromatic N) is 2. The van der Waals surface area contributed by atoms with Gasteiger partial charge in [-0.1, -0.05) is 23.2 Å². The number of ether oxygens (including phenoxy) is 1. The smallest absolute Gasteiger partial charge is 0.267 e. The Balaban J connectivity index is 2.77. The maximum Gasteiger partial charge on any atom is 0.267 e. The van der Waals surface area contributed by atoms with Crippen molar-refractivity contribution in [3.05, 3.63) is 45.6 Å². The van der Waals surface area contributed by atoms with Crippen molar-refractivity contribution in [3.63, 3.8) is 0 Å². The van der Waals surface area contributed by atoms with Crippen molar-refractivity contribution in [2.45, 2.75) is 0 Å². The van der Waals surface area contributed by atoms with Gasteiger partial charge in [-0.15, -0.1) is 0 Å². The lowest BCUT2D eigenvalue weighted by atomic mass is 10.0. The largest absolute Gasteiger partial charge is 0.619 e. The normalized spacial score (nSPS) is 10.3. The number of pyridine rings is 2. The molecule has 8 heteroatoms. The average Bonchev–Trinajstić information content (AvgIpc) is 2.37. The van der Waals surface area contributed by atoms with Crippen LogP contribution in [-0.4, -0.2) is 18.0 Å². The van der Waals surface area contributed by atoms with Gasteiger partial charge in [0, 0.05) is 11.1 Å². The zero-order chi connectivity index (χ0) is 14.9. The van der Waals surface area contributed by atoms with E-state index in [2.05, 4.69) is 4.98 Å². The fraction of sp³-hybridized carbons (Fsp3) is 0.0833. The molecule has 0 fully saturated rings. The molecule has 2 N–H and O–H groups in total. The standard InChI is InChI=1S/C12H9Cl2N3O3/c1-20-6-2-7(11(12(15)18)16-3-6)10-8(13)4-17(19)5-9(10)14/h2-5H,1H3,(H2,15,18). The van der Waals surface area contributed by atoms with Gasteiger partial charge in [-0.3, -0.25) is 4.79 Å². The first-order valence-electron chi connectivity index (χ1n) is 5.36. The first-order chi connectivity index (χ1) is 9.43. The number of methoxy groups -OCH3 is 1. The van der Waals surface area contributed by atoms with Gasteiger partial charge in [-0.2, -0.15) is 4.73 Å². The Morgan fingerprint density at radius 1 is 1.40 bits per heavy atom. The molecule has 2 rings (SSSR count). The second kappa shape index (κ2) is 5.52. The monoisotopic (exact) mass is 313 g/mol. The molecule has 1 amide bonds. The van der Waals surface area contributed by atoms with Gasteiger partial charge in [0.2, 0.25) is 0 Å². The fourth-order valence-electron chi connectivity index (χ4n) is 1.71. The summed E-state index contributed by atoms with van der Waals surface area (Å²) < 4.78 is 5.51. The Labute approximate surface area is 124 Å². The molecule has 2 aromatic heterocycles. The summed E-state index contributed by atoms with van der Waals surface area (Å²) in [5.41, 5.74) is 5.85. The Morgan fingerprint density at radius 2 is 2.00 bits per heavy atom. The molecule has 0 spiro atoms. The molecule has 0 aromatic carbocycles. The molecule has 2 heterocycles. The molecule has 6 nitrogen and oxygen atoms in total. The van der Waals surface area contributed by atoms with E-state index in [1.807, 2.05) is 0 Å². The Hall–Kier alpha value is -2.05. The molecule has 2 aromatic rings. The predicted molar refractivity (Wildman–Crippen MR) is 73.7 cm³/mol. The van der Waals surface area contributed by atoms with Crippen LogP contribution in [0.2, 0.25) is 10.0 Å². The van der Waals surface area contributed by atoms with Gasteiger partial charge < -0.3 is 15.7 Å². The molecular weight excluding hydrogens is 305 g/mol. The van der Waals surface area contributed by atoms with E-state index in [0.29, 0.717) is 21.6 Å². The highest BCUT2D eigenvalue weighted by atomic mass is 35.5. The maximum atomic E-state index is 11.5. The minimum Gasteiger partial charge on any atom is -0.619 e. The SMILES string of the molecule is COc1cnc(C(N)=O)c(-c2c(Cl)c[n+]([O-])cc2Cl)c1. The van der Waals surface area contributed by atoms with E-state index in [4.69, 9.17) is 33.7 Å². The summed E-state index contributed by atoms with van der Waals surface area (Å²) in [6.07, 6.45) is 3.59. The van der Waals surface area contributed by atoms with Crippen molar-refractivity contribution < 1.29 is 14.3 Å². The van der Waals surface area contributed by atoms with Crippen LogP contribution in [0.5, 0.6) is 5.75 Å². The molecule has 0 aliphatic heterocycles. The summed E-state index contributed by atoms with van der Waals surface area (Å²) in [6.45, 7) is 0. The lowest BCUT2D eigenvalue weighted by molar-refractivity contribution is -0.605. The summed E-state index contributed by atoms with van der Waals surface area (Å²) in [7, 11) is 1.45. The molecule has 104 valence electrons. The number of hydrogen-bond donors (Lipinski definition) is 1. The highest BCUT2D eigenvalue weighted by Crippen LogP contribution is 2.36. The van der Waals surface area contributed by atoms with Gasteiger partial charge in [-0.25, -0.2) is 4.98 Å². The lowest BCUT2D eigenvalue weighted by Crippen LogP contribution is -2.25. The number of carbonyl (C=O) groups excluding carboxylic acids is 1. The summed E-state index contributed by atoms with van der Waals surface area (Å²) in [4.78, 5) is 15.4. The third-order valence-corrected chi connectivity index (χ3v) is 3.13. The van der Waals surface area contributed by atoms with Gasteiger partial charge in [0.15, 0.2) is 12.4 Å². The summed E-state index contributed by atoms with van der Waals surface area (Å²) in [5.74, 6) is -0.343. The average molecular weight is 314 g/mol. The van der Waals surface area contributed by atoms with Crippen LogP contribution in [0.25, 0.3) is 11.1 Å². The zero-order valence-corrected chi connectivity index (χ0v) is 11.8. The number of amides is 1. The van der Waals surface area contributed by atoms with Crippen molar-refractivity contribution >= 4 is 29.1 Å². The van der Waals surface area contributed by atoms with E-state index < -0.39 is 5.91 Å². The highest BCUT2D eigenvalue weighted by Gasteiger charge is 2.20. The molecule has 0 atom stereocenters. The quantitative estimate of drug-likeness (QED) is 0.690. The summed E-state index contributed by atoms with van der Waals surface area (Å²) >= 11 is 12.0. The van der Waals surface area contributed by atoms with Crippen molar-refractivity contribution in [2.24, 2.45) is 5.73 Å². The van der Waals surface area contributed by atoms with E-state index in [9.17, 15) is 10.0 Å². The number of rotatable bonds is 3. The Kier molecular flexibility index (Phi) is 3.96. The van der Waals surface area contributed by atoms with E-state index in [1.165, 1.54) is 19.4 Å². The van der Waals surface area contributed by atoms with Crippen LogP contribution < -0.4 is 15.2 Å². The Bertz CT molecular complexity index is 669. The summed E-state index contributed by atoms with van der Waals surface area (Å²) in [6, 6.07) is 1.52. The minimum absolute atomic E-state index is 0.0155. The molecule has 0 aliphatic rings. The van der Waals surface area contributed by atoms with Crippen LogP contribution >= 0.6 is 23.2 Å². The third-order valence-electron chi connectivity index (χ3n) is 2.56. The predicted octanol–water partition coefficient (Wildman–Crippen LogP) is 1.80. The van der Waals surface area contributed by atoms with Gasteiger partial charge in [-0.05, 0) is 6.07 Å². The van der Waals surface area contributed by atoms with Crippen LogP contribution in [0.1, 0.15) is 10.5 Å². The van der Waals surface area contributed by atoms with Crippen molar-refractivity contribution in [1.82, 2.24) is 4.98 Å². The zero-order valence-electron chi connectivity index (χ0n) is 10.3. The summed E-state index contributed by atoms with van der Waals surface area (Å²) in [5, 5.41) is 11.4. The van der Waals surface area contributed by atoms with Gasteiger partial charge in [0.1, 0.15) is 21.5 Å². The molecule has 0 radical (unpaired) electrons. The number of aromatic nitrogens is 2. The lowest BCUT2D eigenvalue weighted by Gasteiger charge is -2.11. The van der Waals surface area contributed by atoms with Crippen molar-refractivity contribution in [2.75, 3.05) is 7.11 Å². The van der Waals surface area contributed by atoms with Crippen LogP contribution in [0.15, 0.2) is 24.7 Å². The number of nitrogens with two attached hydrogens (primary N) is 1. The minimum atomic E-state index is -0.742. The molecule has 0 saturated carbocycles. The van der Waals surface area contributed by atoms with Crippen LogP contribution in [0.4, 0.5) is 0 Å². The first-order valence-corrected chi connectivity index (χ1v) is 6.11. The number of primary amides is 1. The molecule has 0 unspecified atom stereocenters. The maximum absolute atomic E-state index is 11.5. The van der Waals surface area contributed by atoms with E-state index in [1.54, 1.807) is 0 Å². The molecule has 0 aliphatic carbocycles. The second-order valence-corrected chi connectivity index (χ2v) is 4.64. The van der Waals surface area contributed by atoms with Crippen LogP contribution in [0.3, 0.4) is 0 Å². The number of halogens is 2. The van der Waals surface area contributed by atoms with E-state index in [-0.39, 0.29) is 15.7 Å². The topological polar surface area (TPSA) is 92.2 Å². The molecular formula is C12H9Cl2N3O3. The first kappa shape index (κ1) is 14.4. The third kappa shape index (κ3) is 2.61. The van der Waals surface area contributed by atoms with Crippen LogP contribution in [0, 0.1) is 5.21 Å². The number of hydrogen-bond acceptors (Lipinski definition) is 4. The van der Waals surface area contributed by atoms with Crippen molar-refractivity contribution in [3.8, 4) is 16.9 Å². The number of carbonyl (C=O) groups is 1. The highest BCUT2D eigenvalue weighted by molar-refractivity contribution is 6.39. The second-order valence-electron chi connectivity index (χ2n) is 3.82.